The van der Waals surface area contributed by atoms with Crippen LogP contribution < -0.4 is 16.0 Å². The van der Waals surface area contributed by atoms with Gasteiger partial charge in [0.2, 0.25) is 10.0 Å². The first-order valence-electron chi connectivity index (χ1n) is 7.83. The fourth-order valence-electron chi connectivity index (χ4n) is 2.39. The second-order valence-corrected chi connectivity index (χ2v) is 7.20. The number of sulfonamides is 1. The quantitative estimate of drug-likeness (QED) is 0.519. The molecular weight excluding hydrogens is 388 g/mol. The molecule has 0 aliphatic rings. The Morgan fingerprint density at radius 3 is 2.36 bits per heavy atom. The number of fused-ring (bicyclic) bond motifs is 1. The van der Waals surface area contributed by atoms with Gasteiger partial charge in [0.05, 0.1) is 10.3 Å². The van der Waals surface area contributed by atoms with Crippen LogP contribution in [0.4, 0.5) is 5.69 Å². The second kappa shape index (κ2) is 7.58. The Balaban J connectivity index is 1.66. The predicted octanol–water partition coefficient (Wildman–Crippen LogP) is 0.366. The number of aromatic amines is 1. The molecule has 0 atom stereocenters. The summed E-state index contributed by atoms with van der Waals surface area (Å²) in [6.45, 7) is -0.606. The standard InChI is InChI=1S/C17H14N4O6S/c18-28(25,26)11-7-5-10(6-8-11)19-14(22)9-27-17(24)15-12-3-1-2-4-13(12)16(23)21-20-15/h1-8H,9H2,(H,19,22)(H,21,23)(H2,18,25,26). The van der Waals surface area contributed by atoms with Crippen LogP contribution in [0.2, 0.25) is 0 Å². The summed E-state index contributed by atoms with van der Waals surface area (Å²) >= 11 is 0. The average molecular weight is 402 g/mol. The Hall–Kier alpha value is -3.57. The van der Waals surface area contributed by atoms with Crippen molar-refractivity contribution in [1.82, 2.24) is 10.2 Å². The first kappa shape index (κ1) is 19.2. The lowest BCUT2D eigenvalue weighted by Crippen LogP contribution is -2.22. The van der Waals surface area contributed by atoms with Gasteiger partial charge in [0.25, 0.3) is 11.5 Å². The van der Waals surface area contributed by atoms with Crippen molar-refractivity contribution in [3.05, 3.63) is 64.6 Å². The largest absolute Gasteiger partial charge is 0.451 e. The summed E-state index contributed by atoms with van der Waals surface area (Å²) in [5.41, 5.74) is -0.283. The van der Waals surface area contributed by atoms with Crippen molar-refractivity contribution in [1.29, 1.82) is 0 Å². The van der Waals surface area contributed by atoms with Crippen LogP contribution in [-0.4, -0.2) is 37.1 Å². The molecule has 0 fully saturated rings. The van der Waals surface area contributed by atoms with E-state index in [1.165, 1.54) is 30.3 Å². The molecule has 0 saturated carbocycles. The normalized spacial score (nSPS) is 11.2. The maximum atomic E-state index is 12.2. The number of esters is 1. The molecule has 0 bridgehead atoms. The van der Waals surface area contributed by atoms with Gasteiger partial charge in [-0.05, 0) is 30.3 Å². The van der Waals surface area contributed by atoms with Crippen LogP contribution in [0.5, 0.6) is 0 Å². The molecule has 0 spiro atoms. The molecule has 1 aromatic heterocycles. The van der Waals surface area contributed by atoms with Gasteiger partial charge >= 0.3 is 5.97 Å². The second-order valence-electron chi connectivity index (χ2n) is 5.64. The molecular formula is C17H14N4O6S. The highest BCUT2D eigenvalue weighted by Gasteiger charge is 2.17. The zero-order chi connectivity index (χ0) is 20.3. The third-order valence-corrected chi connectivity index (χ3v) is 4.62. The minimum Gasteiger partial charge on any atom is -0.451 e. The zero-order valence-corrected chi connectivity index (χ0v) is 15.0. The van der Waals surface area contributed by atoms with Crippen LogP contribution in [0.25, 0.3) is 10.8 Å². The number of anilines is 1. The van der Waals surface area contributed by atoms with Gasteiger partial charge < -0.3 is 10.1 Å². The van der Waals surface area contributed by atoms with Gasteiger partial charge in [-0.2, -0.15) is 5.10 Å². The van der Waals surface area contributed by atoms with E-state index in [2.05, 4.69) is 15.5 Å². The van der Waals surface area contributed by atoms with E-state index >= 15 is 0 Å². The van der Waals surface area contributed by atoms with Crippen LogP contribution >= 0.6 is 0 Å². The first-order valence-corrected chi connectivity index (χ1v) is 9.37. The number of nitrogens with two attached hydrogens (primary N) is 1. The molecule has 28 heavy (non-hydrogen) atoms. The van der Waals surface area contributed by atoms with Crippen molar-refractivity contribution in [3.63, 3.8) is 0 Å². The smallest absolute Gasteiger partial charge is 0.359 e. The topological polar surface area (TPSA) is 161 Å². The molecule has 0 aliphatic carbocycles. The number of nitrogens with one attached hydrogen (secondary N) is 2. The molecule has 1 amide bonds. The SMILES string of the molecule is NS(=O)(=O)c1ccc(NC(=O)COC(=O)c2n[nH]c(=O)c3ccccc23)cc1. The van der Waals surface area contributed by atoms with E-state index in [4.69, 9.17) is 9.88 Å². The van der Waals surface area contributed by atoms with Gasteiger partial charge in [0, 0.05) is 11.1 Å². The fraction of sp³-hybridized carbons (Fsp3) is 0.0588. The number of carbonyl (C=O) groups is 2. The highest BCUT2D eigenvalue weighted by molar-refractivity contribution is 7.89. The van der Waals surface area contributed by atoms with Gasteiger partial charge in [-0.3, -0.25) is 9.59 Å². The van der Waals surface area contributed by atoms with Crippen molar-refractivity contribution in [2.75, 3.05) is 11.9 Å². The lowest BCUT2D eigenvalue weighted by molar-refractivity contribution is -0.119. The summed E-state index contributed by atoms with van der Waals surface area (Å²) in [5.74, 6) is -1.53. The van der Waals surface area contributed by atoms with E-state index in [1.54, 1.807) is 18.2 Å². The van der Waals surface area contributed by atoms with E-state index in [1.807, 2.05) is 0 Å². The van der Waals surface area contributed by atoms with Crippen molar-refractivity contribution in [2.24, 2.45) is 5.14 Å². The third-order valence-electron chi connectivity index (χ3n) is 3.69. The fourth-order valence-corrected chi connectivity index (χ4v) is 2.91. The molecule has 0 unspecified atom stereocenters. The van der Waals surface area contributed by atoms with Crippen LogP contribution in [0.15, 0.2) is 58.2 Å². The number of ether oxygens (including phenoxy) is 1. The van der Waals surface area contributed by atoms with Crippen LogP contribution in [0.3, 0.4) is 0 Å². The first-order chi connectivity index (χ1) is 13.3. The number of hydrogen-bond donors (Lipinski definition) is 3. The van der Waals surface area contributed by atoms with Crippen LogP contribution in [0.1, 0.15) is 10.5 Å². The number of hydrogen-bond acceptors (Lipinski definition) is 7. The van der Waals surface area contributed by atoms with Gasteiger partial charge in [-0.25, -0.2) is 23.4 Å². The summed E-state index contributed by atoms with van der Waals surface area (Å²) in [6.07, 6.45) is 0. The number of nitrogens with zero attached hydrogens (tertiary/aromatic N) is 1. The molecule has 2 aromatic carbocycles. The molecule has 0 saturated heterocycles. The van der Waals surface area contributed by atoms with E-state index < -0.39 is 34.1 Å². The zero-order valence-electron chi connectivity index (χ0n) is 14.2. The number of rotatable bonds is 5. The number of aromatic nitrogens is 2. The number of benzene rings is 2. The lowest BCUT2D eigenvalue weighted by Gasteiger charge is -2.08. The molecule has 1 heterocycles. The van der Waals surface area contributed by atoms with E-state index in [9.17, 15) is 22.8 Å². The Bertz CT molecular complexity index is 1220. The maximum absolute atomic E-state index is 12.2. The summed E-state index contributed by atoms with van der Waals surface area (Å²) in [4.78, 5) is 35.8. The Morgan fingerprint density at radius 1 is 1.07 bits per heavy atom. The van der Waals surface area contributed by atoms with E-state index in [-0.39, 0.29) is 16.0 Å². The lowest BCUT2D eigenvalue weighted by atomic mass is 10.1. The van der Waals surface area contributed by atoms with Crippen LogP contribution in [-0.2, 0) is 19.6 Å². The Labute approximate surface area is 158 Å². The summed E-state index contributed by atoms with van der Waals surface area (Å²) in [6, 6.07) is 11.5. The third kappa shape index (κ3) is 4.22. The highest BCUT2D eigenvalue weighted by Crippen LogP contribution is 2.14. The highest BCUT2D eigenvalue weighted by atomic mass is 32.2. The monoisotopic (exact) mass is 402 g/mol. The number of amides is 1. The Kier molecular flexibility index (Phi) is 5.20. The predicted molar refractivity (Wildman–Crippen MR) is 99.1 cm³/mol. The van der Waals surface area contributed by atoms with Gasteiger partial charge in [0.1, 0.15) is 0 Å². The molecule has 0 radical (unpaired) electrons. The summed E-state index contributed by atoms with van der Waals surface area (Å²) < 4.78 is 27.3. The Morgan fingerprint density at radius 2 is 1.71 bits per heavy atom. The minimum absolute atomic E-state index is 0.104. The minimum atomic E-state index is -3.84. The average Bonchev–Trinajstić information content (AvgIpc) is 2.66. The molecule has 144 valence electrons. The van der Waals surface area contributed by atoms with Crippen molar-refractivity contribution < 1.29 is 22.7 Å². The summed E-state index contributed by atoms with van der Waals surface area (Å²) in [5, 5.41) is 13.9. The summed E-state index contributed by atoms with van der Waals surface area (Å²) in [7, 11) is -3.84. The molecule has 4 N–H and O–H groups in total. The van der Waals surface area contributed by atoms with E-state index in [0.29, 0.717) is 11.1 Å². The molecule has 3 aromatic rings. The van der Waals surface area contributed by atoms with E-state index in [0.717, 1.165) is 0 Å². The van der Waals surface area contributed by atoms with Crippen molar-refractivity contribution in [2.45, 2.75) is 4.90 Å². The van der Waals surface area contributed by atoms with Crippen molar-refractivity contribution in [3.8, 4) is 0 Å². The van der Waals surface area contributed by atoms with Gasteiger partial charge in [-0.15, -0.1) is 0 Å². The van der Waals surface area contributed by atoms with Crippen LogP contribution in [0, 0.1) is 0 Å². The molecule has 11 heteroatoms. The van der Waals surface area contributed by atoms with Gasteiger partial charge in [0.15, 0.2) is 12.3 Å². The van der Waals surface area contributed by atoms with Gasteiger partial charge in [-0.1, -0.05) is 18.2 Å². The van der Waals surface area contributed by atoms with Crippen molar-refractivity contribution >= 4 is 38.4 Å². The molecule has 0 aliphatic heterocycles. The molecule has 3 rings (SSSR count). The number of primary sulfonamides is 1. The number of H-pyrrole nitrogens is 1. The number of carbonyl (C=O) groups excluding carboxylic acids is 2. The molecule has 10 nitrogen and oxygen atoms in total. The maximum Gasteiger partial charge on any atom is 0.359 e.